The summed E-state index contributed by atoms with van der Waals surface area (Å²) in [6.45, 7) is 2.07. The van der Waals surface area contributed by atoms with Gasteiger partial charge in [0.2, 0.25) is 0 Å². The van der Waals surface area contributed by atoms with Gasteiger partial charge < -0.3 is 9.72 Å². The molecule has 1 aromatic heterocycles. The van der Waals surface area contributed by atoms with Crippen molar-refractivity contribution in [3.8, 4) is 17.1 Å². The molecule has 1 N–H and O–H groups in total. The number of methoxy groups -OCH3 is 1. The van der Waals surface area contributed by atoms with Crippen molar-refractivity contribution in [1.29, 1.82) is 0 Å². The van der Waals surface area contributed by atoms with Crippen LogP contribution in [0.1, 0.15) is 19.0 Å². The molecule has 0 amide bonds. The molecule has 0 atom stereocenters. The van der Waals surface area contributed by atoms with Crippen molar-refractivity contribution < 1.29 is 4.74 Å². The molecule has 1 aromatic carbocycles. The molecule has 0 unspecified atom stereocenters. The molecule has 0 aliphatic heterocycles. The van der Waals surface area contributed by atoms with Crippen molar-refractivity contribution >= 4 is 38.5 Å². The Morgan fingerprint density at radius 1 is 1.45 bits per heavy atom. The van der Waals surface area contributed by atoms with Crippen molar-refractivity contribution in [2.24, 2.45) is 0 Å². The largest absolute Gasteiger partial charge is 0.496 e. The minimum absolute atomic E-state index is 0.110. The number of halogens is 2. The third-order valence-electron chi connectivity index (χ3n) is 2.83. The number of benzene rings is 1. The quantitative estimate of drug-likeness (QED) is 0.724. The van der Waals surface area contributed by atoms with E-state index in [0.717, 1.165) is 28.6 Å². The lowest BCUT2D eigenvalue weighted by atomic mass is 10.1. The molecule has 0 fully saturated rings. The van der Waals surface area contributed by atoms with E-state index in [1.54, 1.807) is 7.11 Å². The van der Waals surface area contributed by atoms with E-state index in [1.165, 1.54) is 0 Å². The first-order valence-corrected chi connectivity index (χ1v) is 8.06. The van der Waals surface area contributed by atoms with Gasteiger partial charge in [-0.05, 0) is 47.2 Å². The second-order valence-corrected chi connectivity index (χ2v) is 6.26. The van der Waals surface area contributed by atoms with Gasteiger partial charge in [-0.25, -0.2) is 4.98 Å². The van der Waals surface area contributed by atoms with Gasteiger partial charge in [0.15, 0.2) is 0 Å². The van der Waals surface area contributed by atoms with Crippen molar-refractivity contribution in [1.82, 2.24) is 9.97 Å². The van der Waals surface area contributed by atoms with E-state index >= 15 is 0 Å². The van der Waals surface area contributed by atoms with Gasteiger partial charge in [-0.1, -0.05) is 29.3 Å². The highest BCUT2D eigenvalue weighted by atomic mass is 127. The topological polar surface area (TPSA) is 55.0 Å². The van der Waals surface area contributed by atoms with Gasteiger partial charge in [0.1, 0.15) is 11.6 Å². The number of rotatable bonds is 4. The Bertz CT molecular complexity index is 685. The van der Waals surface area contributed by atoms with Crippen molar-refractivity contribution in [2.75, 3.05) is 7.11 Å². The van der Waals surface area contributed by atoms with E-state index in [0.29, 0.717) is 15.1 Å². The number of ether oxygens (including phenoxy) is 1. The van der Waals surface area contributed by atoms with Crippen LogP contribution in [0.2, 0.25) is 0 Å². The Kier molecular flexibility index (Phi) is 5.20. The first kappa shape index (κ1) is 15.5. The Labute approximate surface area is 139 Å². The van der Waals surface area contributed by atoms with Gasteiger partial charge in [-0.3, -0.25) is 4.79 Å². The number of nitrogens with one attached hydrogen (secondary N) is 1. The number of aryl methyl sites for hydroxylation is 1. The van der Waals surface area contributed by atoms with Gasteiger partial charge in [0.25, 0.3) is 5.56 Å². The van der Waals surface area contributed by atoms with Crippen molar-refractivity contribution in [3.05, 3.63) is 42.3 Å². The summed E-state index contributed by atoms with van der Waals surface area (Å²) in [5.74, 6) is 1.22. The number of hydrogen-bond donors (Lipinski definition) is 1. The van der Waals surface area contributed by atoms with Crippen LogP contribution in [0.5, 0.6) is 5.75 Å². The summed E-state index contributed by atoms with van der Waals surface area (Å²) >= 11 is 5.47. The molecule has 0 radical (unpaired) electrons. The van der Waals surface area contributed by atoms with Crippen LogP contribution in [0.25, 0.3) is 11.4 Å². The average Bonchev–Trinajstić information content (AvgIpc) is 2.43. The maximum Gasteiger partial charge on any atom is 0.264 e. The van der Waals surface area contributed by atoms with Crippen LogP contribution >= 0.6 is 38.5 Å². The maximum atomic E-state index is 12.0. The fourth-order valence-electron chi connectivity index (χ4n) is 1.90. The second kappa shape index (κ2) is 6.71. The highest BCUT2D eigenvalue weighted by Crippen LogP contribution is 2.30. The van der Waals surface area contributed by atoms with Gasteiger partial charge >= 0.3 is 0 Å². The molecule has 1 heterocycles. The SMILES string of the molecule is CCCc1nc(-c2cc(Br)ccc2OC)[nH]c(=O)c1I. The lowest BCUT2D eigenvalue weighted by molar-refractivity contribution is 0.416. The Morgan fingerprint density at radius 3 is 2.85 bits per heavy atom. The minimum Gasteiger partial charge on any atom is -0.496 e. The van der Waals surface area contributed by atoms with Gasteiger partial charge in [-0.15, -0.1) is 0 Å². The van der Waals surface area contributed by atoms with Crippen LogP contribution in [0.4, 0.5) is 0 Å². The number of aromatic amines is 1. The summed E-state index contributed by atoms with van der Waals surface area (Å²) in [6, 6.07) is 5.62. The molecule has 0 spiro atoms. The lowest BCUT2D eigenvalue weighted by Gasteiger charge is -2.10. The molecule has 0 saturated carbocycles. The van der Waals surface area contributed by atoms with Crippen molar-refractivity contribution in [3.63, 3.8) is 0 Å². The molecule has 0 saturated heterocycles. The van der Waals surface area contributed by atoms with E-state index in [-0.39, 0.29) is 5.56 Å². The average molecular weight is 449 g/mol. The summed E-state index contributed by atoms with van der Waals surface area (Å²) in [4.78, 5) is 19.4. The third-order valence-corrected chi connectivity index (χ3v) is 4.44. The van der Waals surface area contributed by atoms with E-state index in [9.17, 15) is 4.79 Å². The third kappa shape index (κ3) is 3.22. The van der Waals surface area contributed by atoms with E-state index in [4.69, 9.17) is 4.74 Å². The normalized spacial score (nSPS) is 10.6. The van der Waals surface area contributed by atoms with Gasteiger partial charge in [-0.2, -0.15) is 0 Å². The summed E-state index contributed by atoms with van der Waals surface area (Å²) in [5.41, 5.74) is 1.49. The van der Waals surface area contributed by atoms with Gasteiger partial charge in [0.05, 0.1) is 21.9 Å². The molecule has 6 heteroatoms. The highest BCUT2D eigenvalue weighted by Gasteiger charge is 2.13. The molecule has 106 valence electrons. The van der Waals surface area contributed by atoms with Gasteiger partial charge in [0, 0.05) is 4.47 Å². The minimum atomic E-state index is -0.110. The zero-order valence-electron chi connectivity index (χ0n) is 11.2. The number of nitrogens with zero attached hydrogens (tertiary/aromatic N) is 1. The molecular formula is C14H14BrIN2O2. The standard InChI is InChI=1S/C14H14BrIN2O2/c1-3-4-10-12(16)14(19)18-13(17-10)9-7-8(15)5-6-11(9)20-2/h5-7H,3-4H2,1-2H3,(H,17,18,19). The summed E-state index contributed by atoms with van der Waals surface area (Å²) in [5, 5.41) is 0. The number of hydrogen-bond acceptors (Lipinski definition) is 3. The molecule has 0 bridgehead atoms. The zero-order chi connectivity index (χ0) is 14.7. The van der Waals surface area contributed by atoms with Crippen LogP contribution in [0.15, 0.2) is 27.5 Å². The van der Waals surface area contributed by atoms with E-state index in [1.807, 2.05) is 40.8 Å². The van der Waals surface area contributed by atoms with Crippen LogP contribution in [0.3, 0.4) is 0 Å². The van der Waals surface area contributed by atoms with E-state index in [2.05, 4.69) is 32.8 Å². The Balaban J connectivity index is 2.64. The number of H-pyrrole nitrogens is 1. The van der Waals surface area contributed by atoms with Crippen molar-refractivity contribution in [2.45, 2.75) is 19.8 Å². The Hall–Kier alpha value is -0.890. The summed E-state index contributed by atoms with van der Waals surface area (Å²) in [6.07, 6.45) is 1.73. The molecule has 0 aliphatic rings. The Morgan fingerprint density at radius 2 is 2.20 bits per heavy atom. The fourth-order valence-corrected chi connectivity index (χ4v) is 2.79. The predicted octanol–water partition coefficient (Wildman–Crippen LogP) is 3.77. The molecule has 2 rings (SSSR count). The highest BCUT2D eigenvalue weighted by molar-refractivity contribution is 14.1. The smallest absolute Gasteiger partial charge is 0.264 e. The lowest BCUT2D eigenvalue weighted by Crippen LogP contribution is -2.16. The van der Waals surface area contributed by atoms with Crippen LogP contribution < -0.4 is 10.3 Å². The van der Waals surface area contributed by atoms with Crippen LogP contribution in [-0.2, 0) is 6.42 Å². The molecular weight excluding hydrogens is 435 g/mol. The fraction of sp³-hybridized carbons (Fsp3) is 0.286. The first-order chi connectivity index (χ1) is 9.56. The zero-order valence-corrected chi connectivity index (χ0v) is 14.9. The monoisotopic (exact) mass is 448 g/mol. The molecule has 2 aromatic rings. The summed E-state index contributed by atoms with van der Waals surface area (Å²) < 4.78 is 6.90. The van der Waals surface area contributed by atoms with Crippen LogP contribution in [0, 0.1) is 3.57 Å². The molecule has 0 aliphatic carbocycles. The maximum absolute atomic E-state index is 12.0. The van der Waals surface area contributed by atoms with E-state index < -0.39 is 0 Å². The first-order valence-electron chi connectivity index (χ1n) is 6.19. The summed E-state index contributed by atoms with van der Waals surface area (Å²) in [7, 11) is 1.60. The van der Waals surface area contributed by atoms with Crippen LogP contribution in [-0.4, -0.2) is 17.1 Å². The molecule has 20 heavy (non-hydrogen) atoms. The predicted molar refractivity (Wildman–Crippen MR) is 91.3 cm³/mol. The number of aromatic nitrogens is 2. The second-order valence-electron chi connectivity index (χ2n) is 4.27. The molecule has 4 nitrogen and oxygen atoms in total.